The van der Waals surface area contributed by atoms with Gasteiger partial charge in [0.15, 0.2) is 5.78 Å². The highest BCUT2D eigenvalue weighted by molar-refractivity contribution is 5.96. The smallest absolute Gasteiger partial charge is 0.164 e. The monoisotopic (exact) mass is 340 g/mol. The highest BCUT2D eigenvalue weighted by Gasteiger charge is 2.31. The summed E-state index contributed by atoms with van der Waals surface area (Å²) in [5.74, 6) is 2.17. The maximum Gasteiger partial charge on any atom is 0.164 e. The molecular formula is C19H24N4O2. The average molecular weight is 340 g/mol. The number of hydrogen-bond donors (Lipinski definition) is 0. The number of nitrogens with zero attached hydrogens (tertiary/aromatic N) is 4. The molecular weight excluding hydrogens is 316 g/mol. The number of ketones is 1. The van der Waals surface area contributed by atoms with Gasteiger partial charge in [0, 0.05) is 30.6 Å². The van der Waals surface area contributed by atoms with Crippen LogP contribution in [0.25, 0.3) is 0 Å². The molecule has 1 aromatic carbocycles. The summed E-state index contributed by atoms with van der Waals surface area (Å²) >= 11 is 0. The van der Waals surface area contributed by atoms with E-state index in [1.807, 2.05) is 37.3 Å². The summed E-state index contributed by atoms with van der Waals surface area (Å²) < 4.78 is 7.91. The minimum absolute atomic E-state index is 0.0890. The average Bonchev–Trinajstić information content (AvgIpc) is 3.41. The molecule has 2 fully saturated rings. The number of aryl methyl sites for hydroxylation is 1. The van der Waals surface area contributed by atoms with Crippen LogP contribution in [-0.4, -0.2) is 51.2 Å². The molecule has 1 aliphatic heterocycles. The summed E-state index contributed by atoms with van der Waals surface area (Å²) in [6, 6.07) is 10.2. The summed E-state index contributed by atoms with van der Waals surface area (Å²) in [4.78, 5) is 14.9. The lowest BCUT2D eigenvalue weighted by Gasteiger charge is -2.35. The summed E-state index contributed by atoms with van der Waals surface area (Å²) in [5, 5.41) is 8.65. The van der Waals surface area contributed by atoms with Crippen LogP contribution in [0.15, 0.2) is 30.3 Å². The van der Waals surface area contributed by atoms with Gasteiger partial charge < -0.3 is 9.30 Å². The third kappa shape index (κ3) is 3.65. The Balaban J connectivity index is 1.47. The van der Waals surface area contributed by atoms with Crippen molar-refractivity contribution in [3.8, 4) is 0 Å². The topological polar surface area (TPSA) is 60.2 Å². The Morgan fingerprint density at radius 3 is 2.80 bits per heavy atom. The van der Waals surface area contributed by atoms with E-state index in [1.54, 1.807) is 0 Å². The lowest BCUT2D eigenvalue weighted by atomic mass is 10.0. The van der Waals surface area contributed by atoms with Crippen molar-refractivity contribution < 1.29 is 9.53 Å². The number of ether oxygens (including phenoxy) is 1. The summed E-state index contributed by atoms with van der Waals surface area (Å²) in [6.45, 7) is 4.86. The van der Waals surface area contributed by atoms with E-state index in [4.69, 9.17) is 4.74 Å². The van der Waals surface area contributed by atoms with E-state index < -0.39 is 0 Å². The Hall–Kier alpha value is -2.05. The van der Waals surface area contributed by atoms with E-state index in [-0.39, 0.29) is 11.8 Å². The van der Waals surface area contributed by atoms with Crippen molar-refractivity contribution in [2.24, 2.45) is 0 Å². The Kier molecular flexibility index (Phi) is 4.63. The first-order valence-corrected chi connectivity index (χ1v) is 9.03. The molecule has 0 spiro atoms. The molecule has 4 rings (SSSR count). The summed E-state index contributed by atoms with van der Waals surface area (Å²) in [7, 11) is 0. The highest BCUT2D eigenvalue weighted by atomic mass is 16.5. The molecule has 0 unspecified atom stereocenters. The Morgan fingerprint density at radius 2 is 2.04 bits per heavy atom. The second kappa shape index (κ2) is 7.06. The Bertz CT molecular complexity index is 739. The summed E-state index contributed by atoms with van der Waals surface area (Å²) in [6.07, 6.45) is 2.90. The van der Waals surface area contributed by atoms with Crippen molar-refractivity contribution in [2.75, 3.05) is 19.8 Å². The largest absolute Gasteiger partial charge is 0.378 e. The molecule has 2 heterocycles. The number of carbonyl (C=O) groups is 1. The van der Waals surface area contributed by atoms with Gasteiger partial charge in [-0.1, -0.05) is 30.3 Å². The molecule has 132 valence electrons. The van der Waals surface area contributed by atoms with Gasteiger partial charge in [-0.15, -0.1) is 10.2 Å². The lowest BCUT2D eigenvalue weighted by molar-refractivity contribution is -0.0141. The van der Waals surface area contributed by atoms with Crippen LogP contribution in [0.2, 0.25) is 0 Å². The molecule has 1 aliphatic carbocycles. The maximum atomic E-state index is 12.6. The van der Waals surface area contributed by atoms with Crippen LogP contribution in [0.4, 0.5) is 0 Å². The number of morpholine rings is 1. The minimum Gasteiger partial charge on any atom is -0.378 e. The molecule has 2 aromatic rings. The first-order valence-electron chi connectivity index (χ1n) is 9.03. The standard InChI is InChI=1S/C19H24N4O2/c1-14-20-21-19(23(14)16-7-8-16)12-22-9-10-25-13-17(22)11-18(24)15-5-3-2-4-6-15/h2-6,16-17H,7-13H2,1H3/t17-/m0/s1. The minimum atomic E-state index is 0.0890. The fraction of sp³-hybridized carbons (Fsp3) is 0.526. The van der Waals surface area contributed by atoms with Crippen molar-refractivity contribution in [3.05, 3.63) is 47.5 Å². The third-order valence-electron chi connectivity index (χ3n) is 5.06. The van der Waals surface area contributed by atoms with Gasteiger partial charge >= 0.3 is 0 Å². The van der Waals surface area contributed by atoms with Gasteiger partial charge in [0.2, 0.25) is 0 Å². The Morgan fingerprint density at radius 1 is 1.24 bits per heavy atom. The van der Waals surface area contributed by atoms with E-state index in [0.29, 0.717) is 25.7 Å². The zero-order valence-electron chi connectivity index (χ0n) is 14.6. The van der Waals surface area contributed by atoms with E-state index >= 15 is 0 Å². The second-order valence-corrected chi connectivity index (χ2v) is 6.96. The van der Waals surface area contributed by atoms with E-state index in [9.17, 15) is 4.79 Å². The maximum absolute atomic E-state index is 12.6. The van der Waals surface area contributed by atoms with Crippen molar-refractivity contribution in [1.82, 2.24) is 19.7 Å². The van der Waals surface area contributed by atoms with Crippen LogP contribution in [0, 0.1) is 6.92 Å². The van der Waals surface area contributed by atoms with E-state index in [0.717, 1.165) is 30.3 Å². The number of hydrogen-bond acceptors (Lipinski definition) is 5. The van der Waals surface area contributed by atoms with Gasteiger partial charge in [-0.05, 0) is 19.8 Å². The first kappa shape index (κ1) is 16.4. The van der Waals surface area contributed by atoms with Crippen LogP contribution in [0.5, 0.6) is 0 Å². The van der Waals surface area contributed by atoms with Crippen LogP contribution >= 0.6 is 0 Å². The molecule has 1 aromatic heterocycles. The SMILES string of the molecule is Cc1nnc(CN2CCOC[C@@H]2CC(=O)c2ccccc2)n1C1CC1. The third-order valence-corrected chi connectivity index (χ3v) is 5.06. The van der Waals surface area contributed by atoms with Gasteiger partial charge in [-0.3, -0.25) is 9.69 Å². The van der Waals surface area contributed by atoms with Crippen molar-refractivity contribution in [3.63, 3.8) is 0 Å². The Labute approximate surface area is 147 Å². The second-order valence-electron chi connectivity index (χ2n) is 6.96. The molecule has 6 heteroatoms. The number of Topliss-reactive ketones (excluding diaryl/α,β-unsaturated/α-hetero) is 1. The van der Waals surface area contributed by atoms with Gasteiger partial charge in [-0.25, -0.2) is 0 Å². The van der Waals surface area contributed by atoms with Gasteiger partial charge in [0.05, 0.1) is 19.8 Å². The normalized spacial score (nSPS) is 21.4. The molecule has 0 radical (unpaired) electrons. The molecule has 1 saturated heterocycles. The quantitative estimate of drug-likeness (QED) is 0.756. The van der Waals surface area contributed by atoms with E-state index in [1.165, 1.54) is 12.8 Å². The van der Waals surface area contributed by atoms with Gasteiger partial charge in [0.25, 0.3) is 0 Å². The zero-order chi connectivity index (χ0) is 17.2. The summed E-state index contributed by atoms with van der Waals surface area (Å²) in [5.41, 5.74) is 0.769. The van der Waals surface area contributed by atoms with Crippen LogP contribution in [-0.2, 0) is 11.3 Å². The van der Waals surface area contributed by atoms with Crippen molar-refractivity contribution in [2.45, 2.75) is 44.8 Å². The molecule has 0 N–H and O–H groups in total. The first-order chi connectivity index (χ1) is 12.2. The van der Waals surface area contributed by atoms with Crippen LogP contribution < -0.4 is 0 Å². The molecule has 1 atom stereocenters. The zero-order valence-corrected chi connectivity index (χ0v) is 14.6. The molecule has 1 saturated carbocycles. The molecule has 2 aliphatic rings. The van der Waals surface area contributed by atoms with Gasteiger partial charge in [-0.2, -0.15) is 0 Å². The number of benzene rings is 1. The van der Waals surface area contributed by atoms with E-state index in [2.05, 4.69) is 19.7 Å². The fourth-order valence-electron chi connectivity index (χ4n) is 3.55. The van der Waals surface area contributed by atoms with Crippen LogP contribution in [0.3, 0.4) is 0 Å². The lowest BCUT2D eigenvalue weighted by Crippen LogP contribution is -2.46. The highest BCUT2D eigenvalue weighted by Crippen LogP contribution is 2.36. The predicted octanol–water partition coefficient (Wildman–Crippen LogP) is 2.40. The van der Waals surface area contributed by atoms with Crippen molar-refractivity contribution in [1.29, 1.82) is 0 Å². The fourth-order valence-corrected chi connectivity index (χ4v) is 3.55. The number of rotatable bonds is 6. The molecule has 0 amide bonds. The number of aromatic nitrogens is 3. The predicted molar refractivity (Wildman–Crippen MR) is 93.4 cm³/mol. The molecule has 0 bridgehead atoms. The van der Waals surface area contributed by atoms with Crippen LogP contribution in [0.1, 0.15) is 47.3 Å². The molecule has 25 heavy (non-hydrogen) atoms. The number of carbonyl (C=O) groups excluding carboxylic acids is 1. The molecule has 6 nitrogen and oxygen atoms in total. The van der Waals surface area contributed by atoms with Gasteiger partial charge in [0.1, 0.15) is 11.6 Å². The van der Waals surface area contributed by atoms with Crippen molar-refractivity contribution >= 4 is 5.78 Å².